The molecule has 1 spiro atoms. The Kier molecular flexibility index (Phi) is 2.74. The third-order valence-electron chi connectivity index (χ3n) is 4.90. The van der Waals surface area contributed by atoms with Crippen molar-refractivity contribution in [2.24, 2.45) is 17.3 Å². The van der Waals surface area contributed by atoms with Crippen LogP contribution in [0.5, 0.6) is 0 Å². The smallest absolute Gasteiger partial charge is 0.132 e. The summed E-state index contributed by atoms with van der Waals surface area (Å²) in [5, 5.41) is 0. The predicted octanol–water partition coefficient (Wildman–Crippen LogP) is 3.74. The quantitative estimate of drug-likeness (QED) is 0.597. The summed E-state index contributed by atoms with van der Waals surface area (Å²) in [6.45, 7) is 6.41. The third-order valence-corrected chi connectivity index (χ3v) is 4.90. The van der Waals surface area contributed by atoms with E-state index in [2.05, 4.69) is 19.9 Å². The largest absolute Gasteiger partial charge is 0.300 e. The number of hydrogen-bond acceptors (Lipinski definition) is 1. The van der Waals surface area contributed by atoms with Crippen molar-refractivity contribution >= 4 is 5.78 Å². The zero-order valence-corrected chi connectivity index (χ0v) is 10.2. The molecular formula is C14H22O. The minimum absolute atomic E-state index is 0.342. The summed E-state index contributed by atoms with van der Waals surface area (Å²) in [6, 6.07) is 0. The topological polar surface area (TPSA) is 17.1 Å². The SMILES string of the molecule is CC(=O)C1CC[C@@]2(C1)C(C)=CCC[C@@H]2C. The first-order chi connectivity index (χ1) is 7.06. The van der Waals surface area contributed by atoms with E-state index in [0.717, 1.165) is 18.8 Å². The number of carbonyl (C=O) groups excluding carboxylic acids is 1. The molecule has 0 aromatic carbocycles. The second-order valence-electron chi connectivity index (χ2n) is 5.57. The first-order valence-corrected chi connectivity index (χ1v) is 6.24. The van der Waals surface area contributed by atoms with Crippen LogP contribution >= 0.6 is 0 Å². The molecule has 0 N–H and O–H groups in total. The first kappa shape index (κ1) is 10.9. The maximum absolute atomic E-state index is 11.5. The van der Waals surface area contributed by atoms with Gasteiger partial charge < -0.3 is 0 Å². The zero-order chi connectivity index (χ0) is 11.1. The predicted molar refractivity (Wildman–Crippen MR) is 62.6 cm³/mol. The number of hydrogen-bond donors (Lipinski definition) is 0. The van der Waals surface area contributed by atoms with Gasteiger partial charge >= 0.3 is 0 Å². The van der Waals surface area contributed by atoms with Crippen molar-refractivity contribution in [3.8, 4) is 0 Å². The Morgan fingerprint density at radius 2 is 2.20 bits per heavy atom. The molecule has 0 heterocycles. The van der Waals surface area contributed by atoms with E-state index >= 15 is 0 Å². The van der Waals surface area contributed by atoms with Gasteiger partial charge in [-0.1, -0.05) is 18.6 Å². The van der Waals surface area contributed by atoms with Gasteiger partial charge in [0.15, 0.2) is 0 Å². The summed E-state index contributed by atoms with van der Waals surface area (Å²) in [7, 11) is 0. The van der Waals surface area contributed by atoms with E-state index < -0.39 is 0 Å². The molecule has 0 bridgehead atoms. The van der Waals surface area contributed by atoms with Gasteiger partial charge in [-0.25, -0.2) is 0 Å². The van der Waals surface area contributed by atoms with Crippen molar-refractivity contribution in [3.05, 3.63) is 11.6 Å². The van der Waals surface area contributed by atoms with Crippen LogP contribution in [0.2, 0.25) is 0 Å². The maximum atomic E-state index is 11.5. The summed E-state index contributed by atoms with van der Waals surface area (Å²) >= 11 is 0. The molecule has 3 atom stereocenters. The highest BCUT2D eigenvalue weighted by molar-refractivity contribution is 5.78. The summed E-state index contributed by atoms with van der Waals surface area (Å²) in [5.41, 5.74) is 1.94. The number of ketones is 1. The average molecular weight is 206 g/mol. The third kappa shape index (κ3) is 1.66. The fraction of sp³-hybridized carbons (Fsp3) is 0.786. The molecule has 84 valence electrons. The summed E-state index contributed by atoms with van der Waals surface area (Å²) in [6.07, 6.45) is 8.42. The number of allylic oxidation sites excluding steroid dienone is 2. The lowest BCUT2D eigenvalue weighted by Gasteiger charge is -2.40. The van der Waals surface area contributed by atoms with Crippen molar-refractivity contribution < 1.29 is 4.79 Å². The van der Waals surface area contributed by atoms with Crippen LogP contribution in [0.15, 0.2) is 11.6 Å². The van der Waals surface area contributed by atoms with E-state index in [1.165, 1.54) is 19.3 Å². The minimum Gasteiger partial charge on any atom is -0.300 e. The van der Waals surface area contributed by atoms with Crippen molar-refractivity contribution in [2.45, 2.75) is 52.9 Å². The van der Waals surface area contributed by atoms with E-state index in [1.807, 2.05) is 0 Å². The first-order valence-electron chi connectivity index (χ1n) is 6.24. The van der Waals surface area contributed by atoms with Crippen LogP contribution in [0.4, 0.5) is 0 Å². The molecule has 2 rings (SSSR count). The highest BCUT2D eigenvalue weighted by Crippen LogP contribution is 2.55. The van der Waals surface area contributed by atoms with Crippen LogP contribution in [0.3, 0.4) is 0 Å². The summed E-state index contributed by atoms with van der Waals surface area (Å²) < 4.78 is 0. The van der Waals surface area contributed by atoms with Gasteiger partial charge in [-0.05, 0) is 57.3 Å². The lowest BCUT2D eigenvalue weighted by Crippen LogP contribution is -2.30. The molecule has 1 unspecified atom stereocenters. The molecule has 2 aliphatic rings. The fourth-order valence-corrected chi connectivity index (χ4v) is 3.65. The number of rotatable bonds is 1. The maximum Gasteiger partial charge on any atom is 0.132 e. The second kappa shape index (κ2) is 3.77. The Morgan fingerprint density at radius 1 is 1.47 bits per heavy atom. The molecule has 1 fully saturated rings. The normalized spacial score (nSPS) is 40.6. The average Bonchev–Trinajstić information content (AvgIpc) is 2.61. The van der Waals surface area contributed by atoms with E-state index in [1.54, 1.807) is 12.5 Å². The minimum atomic E-state index is 0.342. The lowest BCUT2D eigenvalue weighted by atomic mass is 9.65. The van der Waals surface area contributed by atoms with Crippen molar-refractivity contribution in [1.29, 1.82) is 0 Å². The van der Waals surface area contributed by atoms with Crippen LogP contribution in [0.25, 0.3) is 0 Å². The molecule has 2 aliphatic carbocycles. The molecule has 1 nitrogen and oxygen atoms in total. The summed E-state index contributed by atoms with van der Waals surface area (Å²) in [4.78, 5) is 11.5. The number of Topliss-reactive ketones (excluding diaryl/α,β-unsaturated/α-hetero) is 1. The molecule has 1 heteroatoms. The Bertz CT molecular complexity index is 302. The number of carbonyl (C=O) groups is 1. The summed E-state index contributed by atoms with van der Waals surface area (Å²) in [5.74, 6) is 1.51. The van der Waals surface area contributed by atoms with Crippen molar-refractivity contribution in [2.75, 3.05) is 0 Å². The Balaban J connectivity index is 2.23. The van der Waals surface area contributed by atoms with E-state index in [-0.39, 0.29) is 0 Å². The Morgan fingerprint density at radius 3 is 2.73 bits per heavy atom. The molecule has 0 saturated heterocycles. The Labute approximate surface area is 92.9 Å². The van der Waals surface area contributed by atoms with Gasteiger partial charge in [-0.15, -0.1) is 0 Å². The van der Waals surface area contributed by atoms with Gasteiger partial charge in [0.2, 0.25) is 0 Å². The van der Waals surface area contributed by atoms with Gasteiger partial charge in [-0.2, -0.15) is 0 Å². The highest BCUT2D eigenvalue weighted by Gasteiger charge is 2.46. The zero-order valence-electron chi connectivity index (χ0n) is 10.2. The van der Waals surface area contributed by atoms with E-state index in [9.17, 15) is 4.79 Å². The van der Waals surface area contributed by atoms with Crippen LogP contribution in [-0.4, -0.2) is 5.78 Å². The molecule has 0 aliphatic heterocycles. The molecule has 0 aromatic heterocycles. The second-order valence-corrected chi connectivity index (χ2v) is 5.57. The van der Waals surface area contributed by atoms with Crippen molar-refractivity contribution in [3.63, 3.8) is 0 Å². The van der Waals surface area contributed by atoms with Gasteiger partial charge in [0.05, 0.1) is 0 Å². The Hall–Kier alpha value is -0.590. The molecule has 0 radical (unpaired) electrons. The van der Waals surface area contributed by atoms with Gasteiger partial charge in [0, 0.05) is 5.92 Å². The van der Waals surface area contributed by atoms with Crippen LogP contribution in [0.1, 0.15) is 52.9 Å². The fourth-order valence-electron chi connectivity index (χ4n) is 3.65. The van der Waals surface area contributed by atoms with E-state index in [0.29, 0.717) is 17.1 Å². The van der Waals surface area contributed by atoms with Crippen LogP contribution in [0, 0.1) is 17.3 Å². The molecule has 1 saturated carbocycles. The molecule has 0 aromatic rings. The molecule has 0 amide bonds. The van der Waals surface area contributed by atoms with Crippen LogP contribution < -0.4 is 0 Å². The van der Waals surface area contributed by atoms with Gasteiger partial charge in [0.25, 0.3) is 0 Å². The monoisotopic (exact) mass is 206 g/mol. The highest BCUT2D eigenvalue weighted by atomic mass is 16.1. The van der Waals surface area contributed by atoms with Gasteiger partial charge in [0.1, 0.15) is 5.78 Å². The lowest BCUT2D eigenvalue weighted by molar-refractivity contribution is -0.120. The molecular weight excluding hydrogens is 184 g/mol. The van der Waals surface area contributed by atoms with Crippen LogP contribution in [-0.2, 0) is 4.79 Å². The standard InChI is InChI=1S/C14H22O/c1-10-5-4-6-11(2)14(10)8-7-13(9-14)12(3)15/h5,11,13H,4,6-9H2,1-3H3/t11-,13?,14+/m0/s1. The van der Waals surface area contributed by atoms with Gasteiger partial charge in [-0.3, -0.25) is 4.79 Å². The van der Waals surface area contributed by atoms with Crippen molar-refractivity contribution in [1.82, 2.24) is 0 Å². The van der Waals surface area contributed by atoms with E-state index in [4.69, 9.17) is 0 Å². The molecule has 15 heavy (non-hydrogen) atoms.